The Morgan fingerprint density at radius 3 is 2.41 bits per heavy atom. The summed E-state index contributed by atoms with van der Waals surface area (Å²) in [5.74, 6) is 0.368. The smallest absolute Gasteiger partial charge is 0.178 e. The van der Waals surface area contributed by atoms with Gasteiger partial charge in [-0.25, -0.2) is 18.7 Å². The average Bonchev–Trinajstić information content (AvgIpc) is 2.90. The number of anilines is 1. The van der Waals surface area contributed by atoms with Crippen LogP contribution in [0.4, 0.5) is 14.5 Å². The number of piperidine rings is 1. The van der Waals surface area contributed by atoms with E-state index in [1.54, 1.807) is 6.07 Å². The number of ether oxygens (including phenoxy) is 1. The molecule has 0 amide bonds. The third-order valence-corrected chi connectivity index (χ3v) is 8.64. The molecular weight excluding hydrogens is 472 g/mol. The first kappa shape index (κ1) is 26.3. The molecule has 0 radical (unpaired) electrons. The minimum absolute atomic E-state index is 0.165. The van der Waals surface area contributed by atoms with E-state index in [9.17, 15) is 8.78 Å². The Labute approximate surface area is 220 Å². The first-order chi connectivity index (χ1) is 17.8. The van der Waals surface area contributed by atoms with E-state index in [0.29, 0.717) is 48.2 Å². The number of nitrogens with zero attached hydrogens (tertiary/aromatic N) is 5. The van der Waals surface area contributed by atoms with Gasteiger partial charge in [0.25, 0.3) is 0 Å². The zero-order valence-electron chi connectivity index (χ0n) is 22.7. The Bertz CT molecular complexity index is 1080. The van der Waals surface area contributed by atoms with Crippen molar-refractivity contribution in [2.75, 3.05) is 45.2 Å². The van der Waals surface area contributed by atoms with Gasteiger partial charge in [-0.1, -0.05) is 0 Å². The van der Waals surface area contributed by atoms with Crippen LogP contribution in [0.2, 0.25) is 0 Å². The van der Waals surface area contributed by atoms with E-state index >= 15 is 0 Å². The molecule has 3 aliphatic rings. The molecule has 3 heterocycles. The quantitative estimate of drug-likeness (QED) is 0.532. The number of likely N-dealkylation sites (tertiary alicyclic amines) is 1. The van der Waals surface area contributed by atoms with Crippen molar-refractivity contribution < 1.29 is 13.5 Å². The lowest BCUT2D eigenvalue weighted by Gasteiger charge is -2.42. The number of benzene rings is 1. The molecule has 0 unspecified atom stereocenters. The summed E-state index contributed by atoms with van der Waals surface area (Å²) in [6.45, 7) is 7.61. The number of hydrogen-bond acceptors (Lipinski definition) is 6. The minimum atomic E-state index is -0.527. The largest absolute Gasteiger partial charge is 0.486 e. The molecule has 1 aromatic carbocycles. The molecule has 0 N–H and O–H groups in total. The molecular formula is C29H41F2N5O. The third kappa shape index (κ3) is 5.75. The van der Waals surface area contributed by atoms with Crippen LogP contribution in [-0.2, 0) is 6.42 Å². The first-order valence-corrected chi connectivity index (χ1v) is 14.0. The molecule has 2 fully saturated rings. The highest BCUT2D eigenvalue weighted by Crippen LogP contribution is 2.39. The summed E-state index contributed by atoms with van der Waals surface area (Å²) in [7, 11) is 4.37. The Hall–Kier alpha value is -2.32. The zero-order valence-corrected chi connectivity index (χ0v) is 22.7. The SMILES string of the molecule is CC(C)N1CCOc2c(F)cc(-c3nc(CC4CCC(N5CCC(N(C)C)CC5)CC4)ncc3F)cc21. The van der Waals surface area contributed by atoms with Crippen LogP contribution >= 0.6 is 0 Å². The summed E-state index contributed by atoms with van der Waals surface area (Å²) in [4.78, 5) is 16.1. The molecule has 0 bridgehead atoms. The van der Waals surface area contributed by atoms with Crippen LogP contribution in [0.15, 0.2) is 18.3 Å². The molecule has 5 rings (SSSR count). The highest BCUT2D eigenvalue weighted by molar-refractivity contribution is 5.72. The van der Waals surface area contributed by atoms with Gasteiger partial charge in [-0.2, -0.15) is 0 Å². The van der Waals surface area contributed by atoms with Gasteiger partial charge in [0.15, 0.2) is 17.4 Å². The fraction of sp³-hybridized carbons (Fsp3) is 0.655. The summed E-state index contributed by atoms with van der Waals surface area (Å²) in [5.41, 5.74) is 1.25. The highest BCUT2D eigenvalue weighted by Gasteiger charge is 2.30. The molecule has 1 saturated carbocycles. The molecule has 1 aliphatic carbocycles. The van der Waals surface area contributed by atoms with E-state index < -0.39 is 11.6 Å². The lowest BCUT2D eigenvalue weighted by atomic mass is 9.82. The number of aromatic nitrogens is 2. The first-order valence-electron chi connectivity index (χ1n) is 14.0. The van der Waals surface area contributed by atoms with Crippen molar-refractivity contribution in [2.24, 2.45) is 5.92 Å². The Balaban J connectivity index is 1.25. The number of hydrogen-bond donors (Lipinski definition) is 0. The minimum Gasteiger partial charge on any atom is -0.486 e. The van der Waals surface area contributed by atoms with Crippen molar-refractivity contribution in [3.05, 3.63) is 35.8 Å². The van der Waals surface area contributed by atoms with Gasteiger partial charge in [0.1, 0.15) is 18.1 Å². The van der Waals surface area contributed by atoms with Gasteiger partial charge in [-0.15, -0.1) is 0 Å². The van der Waals surface area contributed by atoms with Crippen LogP contribution in [0.5, 0.6) is 5.75 Å². The normalized spacial score (nSPS) is 23.4. The second-order valence-corrected chi connectivity index (χ2v) is 11.5. The molecule has 1 aromatic heterocycles. The Morgan fingerprint density at radius 1 is 1.00 bits per heavy atom. The van der Waals surface area contributed by atoms with Crippen LogP contribution in [0, 0.1) is 17.6 Å². The summed E-state index contributed by atoms with van der Waals surface area (Å²) in [5, 5.41) is 0. The van der Waals surface area contributed by atoms with Crippen LogP contribution in [0.3, 0.4) is 0 Å². The number of fused-ring (bicyclic) bond motifs is 1. The van der Waals surface area contributed by atoms with Gasteiger partial charge in [0.05, 0.1) is 18.4 Å². The van der Waals surface area contributed by atoms with Crippen molar-refractivity contribution >= 4 is 5.69 Å². The lowest BCUT2D eigenvalue weighted by Crippen LogP contribution is -2.47. The van der Waals surface area contributed by atoms with Crippen molar-refractivity contribution in [1.29, 1.82) is 0 Å². The molecule has 6 nitrogen and oxygen atoms in total. The number of halogens is 2. The van der Waals surface area contributed by atoms with E-state index in [1.807, 2.05) is 0 Å². The van der Waals surface area contributed by atoms with E-state index in [2.05, 4.69) is 52.6 Å². The maximum atomic E-state index is 15.0. The topological polar surface area (TPSA) is 44.7 Å². The molecule has 1 saturated heterocycles. The van der Waals surface area contributed by atoms with Crippen LogP contribution in [-0.4, -0.2) is 78.2 Å². The fourth-order valence-corrected chi connectivity index (χ4v) is 6.42. The summed E-state index contributed by atoms with van der Waals surface area (Å²) in [6, 6.07) is 4.70. The van der Waals surface area contributed by atoms with Crippen LogP contribution in [0.25, 0.3) is 11.3 Å². The van der Waals surface area contributed by atoms with Gasteiger partial charge in [0.2, 0.25) is 0 Å². The second-order valence-electron chi connectivity index (χ2n) is 11.5. The Kier molecular flexibility index (Phi) is 7.96. The molecule has 0 spiro atoms. The summed E-state index contributed by atoms with van der Waals surface area (Å²) >= 11 is 0. The maximum absolute atomic E-state index is 15.0. The zero-order chi connectivity index (χ0) is 26.1. The second kappa shape index (κ2) is 11.2. The predicted octanol–water partition coefficient (Wildman–Crippen LogP) is 5.16. The standard InChI is InChI=1S/C29H41F2N5O/c1-19(2)36-13-14-37-29-24(30)16-21(17-26(29)36)28-25(31)18-32-27(33-28)15-20-5-7-23(8-6-20)35-11-9-22(10-12-35)34(3)4/h16-20,22-23H,5-15H2,1-4H3. The average molecular weight is 514 g/mol. The van der Waals surface area contributed by atoms with Crippen LogP contribution < -0.4 is 9.64 Å². The van der Waals surface area contributed by atoms with E-state index in [-0.39, 0.29) is 17.5 Å². The Morgan fingerprint density at radius 2 is 1.73 bits per heavy atom. The lowest BCUT2D eigenvalue weighted by molar-refractivity contribution is 0.0801. The summed E-state index contributed by atoms with van der Waals surface area (Å²) in [6.07, 6.45) is 9.17. The third-order valence-electron chi connectivity index (χ3n) is 8.64. The van der Waals surface area contributed by atoms with Gasteiger partial charge in [-0.05, 0) is 97.6 Å². The molecule has 8 heteroatoms. The van der Waals surface area contributed by atoms with E-state index in [4.69, 9.17) is 4.74 Å². The van der Waals surface area contributed by atoms with Gasteiger partial charge in [-0.3, -0.25) is 0 Å². The van der Waals surface area contributed by atoms with Crippen molar-refractivity contribution in [1.82, 2.24) is 19.8 Å². The van der Waals surface area contributed by atoms with Crippen molar-refractivity contribution in [2.45, 2.75) is 76.9 Å². The van der Waals surface area contributed by atoms with E-state index in [1.165, 1.54) is 51.0 Å². The van der Waals surface area contributed by atoms with Gasteiger partial charge < -0.3 is 19.4 Å². The van der Waals surface area contributed by atoms with Gasteiger partial charge in [0, 0.05) is 30.1 Å². The molecule has 202 valence electrons. The monoisotopic (exact) mass is 513 g/mol. The predicted molar refractivity (Wildman–Crippen MR) is 143 cm³/mol. The highest BCUT2D eigenvalue weighted by atomic mass is 19.1. The van der Waals surface area contributed by atoms with Crippen LogP contribution in [0.1, 0.15) is 58.2 Å². The fourth-order valence-electron chi connectivity index (χ4n) is 6.42. The van der Waals surface area contributed by atoms with Gasteiger partial charge >= 0.3 is 0 Å². The van der Waals surface area contributed by atoms with E-state index in [0.717, 1.165) is 19.3 Å². The molecule has 2 aliphatic heterocycles. The maximum Gasteiger partial charge on any atom is 0.178 e. The molecule has 2 aromatic rings. The molecule has 0 atom stereocenters. The summed E-state index contributed by atoms with van der Waals surface area (Å²) < 4.78 is 35.5. The van der Waals surface area contributed by atoms with Crippen molar-refractivity contribution in [3.8, 4) is 17.0 Å². The van der Waals surface area contributed by atoms with Crippen molar-refractivity contribution in [3.63, 3.8) is 0 Å². The molecule has 37 heavy (non-hydrogen) atoms. The number of rotatable bonds is 6.